The summed E-state index contributed by atoms with van der Waals surface area (Å²) in [6.07, 6.45) is 2.95. The van der Waals surface area contributed by atoms with Crippen molar-refractivity contribution in [3.8, 4) is 5.75 Å². The van der Waals surface area contributed by atoms with Crippen molar-refractivity contribution in [1.29, 1.82) is 0 Å². The molecule has 1 aliphatic heterocycles. The molecular weight excluding hydrogens is 332 g/mol. The third-order valence-electron chi connectivity index (χ3n) is 5.49. The van der Waals surface area contributed by atoms with Crippen molar-refractivity contribution >= 4 is 22.2 Å². The molecule has 4 rings (SSSR count). The summed E-state index contributed by atoms with van der Waals surface area (Å²) in [7, 11) is 0. The Balaban J connectivity index is 1.64. The molecule has 1 aromatic carbocycles. The summed E-state index contributed by atoms with van der Waals surface area (Å²) in [6, 6.07) is 6.96. The van der Waals surface area contributed by atoms with E-state index in [-0.39, 0.29) is 17.8 Å². The molecule has 0 radical (unpaired) electrons. The summed E-state index contributed by atoms with van der Waals surface area (Å²) in [5, 5.41) is 17.0. The molecule has 1 aromatic heterocycles. The summed E-state index contributed by atoms with van der Waals surface area (Å²) in [5.74, 6) is 0.904. The summed E-state index contributed by atoms with van der Waals surface area (Å²) in [5.41, 5.74) is 3.33. The van der Waals surface area contributed by atoms with Crippen LogP contribution in [0.15, 0.2) is 24.3 Å². The smallest absolute Gasteiger partial charge is 0.256 e. The number of carbonyl (C=O) groups is 1. The van der Waals surface area contributed by atoms with E-state index in [2.05, 4.69) is 31.4 Å². The van der Waals surface area contributed by atoms with E-state index in [1.165, 1.54) is 10.4 Å². The minimum absolute atomic E-state index is 0.0125. The molecule has 0 fully saturated rings. The van der Waals surface area contributed by atoms with Crippen LogP contribution < -0.4 is 10.6 Å². The van der Waals surface area contributed by atoms with E-state index >= 15 is 0 Å². The van der Waals surface area contributed by atoms with Gasteiger partial charge in [0, 0.05) is 4.88 Å². The Morgan fingerprint density at radius 2 is 1.88 bits per heavy atom. The highest BCUT2D eigenvalue weighted by Crippen LogP contribution is 2.46. The summed E-state index contributed by atoms with van der Waals surface area (Å²) in [6.45, 7) is 6.92. The average molecular weight is 356 g/mol. The highest BCUT2D eigenvalue weighted by Gasteiger charge is 2.36. The fourth-order valence-corrected chi connectivity index (χ4v) is 5.22. The van der Waals surface area contributed by atoms with Crippen LogP contribution in [0, 0.1) is 11.3 Å². The molecule has 1 aliphatic carbocycles. The monoisotopic (exact) mass is 356 g/mol. The van der Waals surface area contributed by atoms with Crippen LogP contribution in [0.25, 0.3) is 0 Å². The van der Waals surface area contributed by atoms with Gasteiger partial charge in [0.1, 0.15) is 16.9 Å². The molecule has 3 N–H and O–H groups in total. The number of benzene rings is 1. The van der Waals surface area contributed by atoms with Crippen molar-refractivity contribution in [2.75, 3.05) is 5.32 Å². The molecule has 132 valence electrons. The van der Waals surface area contributed by atoms with Gasteiger partial charge in [-0.05, 0) is 53.9 Å². The third-order valence-corrected chi connectivity index (χ3v) is 6.68. The van der Waals surface area contributed by atoms with Crippen molar-refractivity contribution in [3.05, 3.63) is 45.8 Å². The number of aromatic hydroxyl groups is 1. The lowest BCUT2D eigenvalue weighted by Gasteiger charge is -2.34. The molecule has 2 aliphatic rings. The van der Waals surface area contributed by atoms with Gasteiger partial charge in [0.25, 0.3) is 5.91 Å². The van der Waals surface area contributed by atoms with Gasteiger partial charge in [-0.2, -0.15) is 0 Å². The molecule has 2 atom stereocenters. The predicted octanol–water partition coefficient (Wildman–Crippen LogP) is 4.46. The zero-order chi connectivity index (χ0) is 17.8. The van der Waals surface area contributed by atoms with Crippen LogP contribution in [0.1, 0.15) is 59.7 Å². The fourth-order valence-electron chi connectivity index (χ4n) is 3.87. The third kappa shape index (κ3) is 2.91. The van der Waals surface area contributed by atoms with Crippen molar-refractivity contribution in [3.63, 3.8) is 0 Å². The van der Waals surface area contributed by atoms with Crippen molar-refractivity contribution in [2.24, 2.45) is 11.3 Å². The molecule has 2 heterocycles. The number of phenols is 1. The molecule has 0 saturated carbocycles. The number of hydrogen-bond acceptors (Lipinski definition) is 4. The summed E-state index contributed by atoms with van der Waals surface area (Å²) >= 11 is 1.74. The number of rotatable bonds is 1. The van der Waals surface area contributed by atoms with E-state index < -0.39 is 0 Å². The van der Waals surface area contributed by atoms with Crippen LogP contribution in [0.5, 0.6) is 5.75 Å². The second-order valence-corrected chi connectivity index (χ2v) is 9.26. The lowest BCUT2D eigenvalue weighted by atomic mass is 9.72. The van der Waals surface area contributed by atoms with Crippen LogP contribution in [-0.4, -0.2) is 11.0 Å². The molecule has 5 heteroatoms. The maximum atomic E-state index is 12.8. The Bertz CT molecular complexity index is 817. The molecule has 25 heavy (non-hydrogen) atoms. The Morgan fingerprint density at radius 3 is 2.56 bits per heavy atom. The van der Waals surface area contributed by atoms with E-state index in [4.69, 9.17) is 0 Å². The summed E-state index contributed by atoms with van der Waals surface area (Å²) in [4.78, 5) is 14.1. The second kappa shape index (κ2) is 5.77. The number of hydrogen-bond donors (Lipinski definition) is 3. The highest BCUT2D eigenvalue weighted by atomic mass is 32.1. The number of anilines is 1. The second-order valence-electron chi connectivity index (χ2n) is 8.16. The summed E-state index contributed by atoms with van der Waals surface area (Å²) < 4.78 is 0. The predicted molar refractivity (Wildman–Crippen MR) is 101 cm³/mol. The van der Waals surface area contributed by atoms with E-state index in [1.807, 2.05) is 12.1 Å². The first kappa shape index (κ1) is 16.5. The maximum Gasteiger partial charge on any atom is 0.256 e. The fraction of sp³-hybridized carbons (Fsp3) is 0.450. The van der Waals surface area contributed by atoms with Gasteiger partial charge in [-0.15, -0.1) is 11.3 Å². The maximum absolute atomic E-state index is 12.8. The molecule has 0 spiro atoms. The van der Waals surface area contributed by atoms with Crippen molar-refractivity contribution in [1.82, 2.24) is 5.32 Å². The standard InChI is InChI=1S/C20H24N2O2S/c1-20(2,3)12-6-9-14-15(10-12)25-19-16(14)18(24)21-17(22-19)11-4-7-13(23)8-5-11/h4-5,7-8,12,17,22-23H,6,9-10H2,1-3H3,(H,21,24)/t12-,17+/m0/s1. The number of carbonyl (C=O) groups excluding carboxylic acids is 1. The highest BCUT2D eigenvalue weighted by molar-refractivity contribution is 7.16. The Morgan fingerprint density at radius 1 is 1.16 bits per heavy atom. The zero-order valence-electron chi connectivity index (χ0n) is 14.8. The van der Waals surface area contributed by atoms with Gasteiger partial charge in [0.05, 0.1) is 5.56 Å². The Kier molecular flexibility index (Phi) is 3.80. The first-order valence-electron chi connectivity index (χ1n) is 8.84. The van der Waals surface area contributed by atoms with Crippen LogP contribution in [0.3, 0.4) is 0 Å². The molecule has 0 saturated heterocycles. The Labute approximate surface area is 152 Å². The normalized spacial score (nSPS) is 22.6. The van der Waals surface area contributed by atoms with E-state index in [9.17, 15) is 9.90 Å². The van der Waals surface area contributed by atoms with Gasteiger partial charge in [0.2, 0.25) is 0 Å². The minimum atomic E-state index is -0.251. The number of thiophene rings is 1. The Hall–Kier alpha value is -2.01. The van der Waals surface area contributed by atoms with Gasteiger partial charge in [-0.25, -0.2) is 0 Å². The van der Waals surface area contributed by atoms with Crippen LogP contribution in [-0.2, 0) is 12.8 Å². The molecule has 4 nitrogen and oxygen atoms in total. The molecule has 0 unspecified atom stereocenters. The van der Waals surface area contributed by atoms with Gasteiger partial charge >= 0.3 is 0 Å². The SMILES string of the molecule is CC(C)(C)[C@H]1CCc2c(sc3c2C(=O)N[C@@H](c2ccc(O)cc2)N3)C1. The van der Waals surface area contributed by atoms with E-state index in [0.717, 1.165) is 35.4 Å². The topological polar surface area (TPSA) is 61.4 Å². The molecule has 2 aromatic rings. The zero-order valence-corrected chi connectivity index (χ0v) is 15.7. The first-order valence-corrected chi connectivity index (χ1v) is 9.65. The largest absolute Gasteiger partial charge is 0.508 e. The number of amides is 1. The van der Waals surface area contributed by atoms with E-state index in [0.29, 0.717) is 11.3 Å². The van der Waals surface area contributed by atoms with Crippen molar-refractivity contribution < 1.29 is 9.90 Å². The van der Waals surface area contributed by atoms with Gasteiger partial charge in [0.15, 0.2) is 0 Å². The number of fused-ring (bicyclic) bond motifs is 3. The quantitative estimate of drug-likeness (QED) is 0.707. The first-order chi connectivity index (χ1) is 11.8. The van der Waals surface area contributed by atoms with E-state index in [1.54, 1.807) is 23.5 Å². The van der Waals surface area contributed by atoms with Gasteiger partial charge in [-0.3, -0.25) is 4.79 Å². The van der Waals surface area contributed by atoms with Gasteiger partial charge in [-0.1, -0.05) is 32.9 Å². The lowest BCUT2D eigenvalue weighted by Crippen LogP contribution is -2.38. The number of phenolic OH excluding ortho intramolecular Hbond substituents is 1. The molecular formula is C20H24N2O2S. The van der Waals surface area contributed by atoms with Crippen molar-refractivity contribution in [2.45, 2.75) is 46.2 Å². The van der Waals surface area contributed by atoms with Crippen LogP contribution >= 0.6 is 11.3 Å². The lowest BCUT2D eigenvalue weighted by molar-refractivity contribution is 0.0935. The molecule has 0 bridgehead atoms. The number of nitrogens with one attached hydrogen (secondary N) is 2. The molecule has 1 amide bonds. The average Bonchev–Trinajstić information content (AvgIpc) is 2.92. The van der Waals surface area contributed by atoms with Crippen LogP contribution in [0.4, 0.5) is 5.00 Å². The van der Waals surface area contributed by atoms with Gasteiger partial charge < -0.3 is 15.7 Å². The van der Waals surface area contributed by atoms with Crippen LogP contribution in [0.2, 0.25) is 0 Å². The minimum Gasteiger partial charge on any atom is -0.508 e.